The summed E-state index contributed by atoms with van der Waals surface area (Å²) in [7, 11) is 0. The van der Waals surface area contributed by atoms with Crippen LogP contribution in [0.3, 0.4) is 0 Å². The van der Waals surface area contributed by atoms with E-state index in [2.05, 4.69) is 33.2 Å². The van der Waals surface area contributed by atoms with Crippen molar-refractivity contribution in [1.29, 1.82) is 0 Å². The van der Waals surface area contributed by atoms with E-state index in [1.165, 1.54) is 6.08 Å². The molecule has 0 aliphatic carbocycles. The summed E-state index contributed by atoms with van der Waals surface area (Å²) >= 11 is 3.77. The van der Waals surface area contributed by atoms with Crippen molar-refractivity contribution in [1.82, 2.24) is 0 Å². The number of thioether (sulfide) groups is 1. The van der Waals surface area contributed by atoms with Gasteiger partial charge in [-0.3, -0.25) is 10.1 Å². The summed E-state index contributed by atoms with van der Waals surface area (Å²) in [5.74, 6) is -0.364. The van der Waals surface area contributed by atoms with Gasteiger partial charge in [-0.1, -0.05) is 25.1 Å². The third-order valence-corrected chi connectivity index (χ3v) is 7.07. The molecule has 0 aliphatic rings. The number of para-hydroxylation sites is 2. The van der Waals surface area contributed by atoms with Crippen LogP contribution in [0, 0.1) is 9.49 Å². The van der Waals surface area contributed by atoms with Gasteiger partial charge in [0.2, 0.25) is 5.91 Å². The number of anilines is 3. The van der Waals surface area contributed by atoms with E-state index < -0.39 is 12.2 Å². The number of nitrogen functional groups attached to an aromatic ring is 1. The summed E-state index contributed by atoms with van der Waals surface area (Å²) in [5, 5.41) is 16.0. The summed E-state index contributed by atoms with van der Waals surface area (Å²) in [6, 6.07) is 19.7. The molecule has 3 aromatic carbocycles. The topological polar surface area (TPSA) is 114 Å². The number of halogens is 1. The van der Waals surface area contributed by atoms with Gasteiger partial charge in [0, 0.05) is 19.7 Å². The first-order valence-corrected chi connectivity index (χ1v) is 14.0. The molecule has 194 valence electrons. The van der Waals surface area contributed by atoms with Crippen molar-refractivity contribution in [2.45, 2.75) is 30.8 Å². The molecule has 0 unspecified atom stereocenters. The maximum Gasteiger partial charge on any atom is 0.412 e. The lowest BCUT2D eigenvalue weighted by atomic mass is 9.92. The predicted octanol–water partition coefficient (Wildman–Crippen LogP) is 7.20. The fourth-order valence-corrected chi connectivity index (χ4v) is 4.59. The van der Waals surface area contributed by atoms with Crippen LogP contribution in [0.2, 0.25) is 0 Å². The SMILES string of the molecule is CSc1ccc(NC(=O)O[C@@H](c2cc(I)ccc2O)[C@@H](C)CC/C=C/C(=O)Nc2ccccc2N)cc1. The fraction of sp³-hybridized carbons (Fsp3) is 0.214. The second-order valence-corrected chi connectivity index (χ2v) is 10.5. The van der Waals surface area contributed by atoms with Crippen molar-refractivity contribution >= 4 is 63.4 Å². The van der Waals surface area contributed by atoms with Crippen molar-refractivity contribution in [3.8, 4) is 5.75 Å². The highest BCUT2D eigenvalue weighted by molar-refractivity contribution is 14.1. The summed E-state index contributed by atoms with van der Waals surface area (Å²) in [4.78, 5) is 26.1. The second kappa shape index (κ2) is 13.9. The van der Waals surface area contributed by atoms with Gasteiger partial charge in [-0.25, -0.2) is 4.79 Å². The van der Waals surface area contributed by atoms with E-state index in [1.54, 1.807) is 54.2 Å². The lowest BCUT2D eigenvalue weighted by Crippen LogP contribution is -2.22. The molecular formula is C28H30IN3O4S. The van der Waals surface area contributed by atoms with E-state index in [4.69, 9.17) is 10.5 Å². The first-order valence-electron chi connectivity index (χ1n) is 11.7. The smallest absolute Gasteiger partial charge is 0.412 e. The Morgan fingerprint density at radius 1 is 1.11 bits per heavy atom. The van der Waals surface area contributed by atoms with Crippen LogP contribution in [0.5, 0.6) is 5.75 Å². The maximum atomic E-state index is 12.8. The first kappa shape index (κ1) is 28.4. The zero-order chi connectivity index (χ0) is 26.8. The summed E-state index contributed by atoms with van der Waals surface area (Å²) in [6.45, 7) is 1.95. The number of phenolic OH excluding ortho intramolecular Hbond substituents is 1. The Hall–Kier alpha value is -3.18. The standard InChI is InChI=1S/C28H30IN3O4S/c1-18(7-3-6-10-26(34)32-24-9-5-4-8-23(24)30)27(22-17-19(29)11-16-25(22)33)36-28(35)31-20-12-14-21(37-2)15-13-20/h4-6,8-18,27,33H,3,7,30H2,1-2H3,(H,31,35)(H,32,34)/b10-6+/t18-,27+/m0/s1. The summed E-state index contributed by atoms with van der Waals surface area (Å²) in [5.41, 5.74) is 8.08. The number of carbonyl (C=O) groups is 2. The third-order valence-electron chi connectivity index (χ3n) is 5.66. The monoisotopic (exact) mass is 631 g/mol. The molecular weight excluding hydrogens is 601 g/mol. The minimum absolute atomic E-state index is 0.0600. The van der Waals surface area contributed by atoms with Crippen LogP contribution in [0.15, 0.2) is 83.8 Å². The second-order valence-electron chi connectivity index (χ2n) is 8.42. The molecule has 0 saturated heterocycles. The lowest BCUT2D eigenvalue weighted by molar-refractivity contribution is -0.111. The molecule has 5 N–H and O–H groups in total. The van der Waals surface area contributed by atoms with Gasteiger partial charge < -0.3 is 20.9 Å². The van der Waals surface area contributed by atoms with Crippen LogP contribution in [0.25, 0.3) is 0 Å². The highest BCUT2D eigenvalue weighted by Crippen LogP contribution is 2.36. The van der Waals surface area contributed by atoms with E-state index in [1.807, 2.05) is 43.5 Å². The Bertz CT molecular complexity index is 1250. The Balaban J connectivity index is 1.65. The maximum absolute atomic E-state index is 12.8. The molecule has 9 heteroatoms. The van der Waals surface area contributed by atoms with Gasteiger partial charge in [-0.05, 0) is 108 Å². The van der Waals surface area contributed by atoms with Crippen LogP contribution in [-0.4, -0.2) is 23.4 Å². The van der Waals surface area contributed by atoms with E-state index in [0.717, 1.165) is 8.47 Å². The molecule has 2 amide bonds. The summed E-state index contributed by atoms with van der Waals surface area (Å²) in [6.07, 6.45) is 5.10. The zero-order valence-corrected chi connectivity index (χ0v) is 23.6. The number of amides is 2. The molecule has 0 aromatic heterocycles. The van der Waals surface area contributed by atoms with Crippen molar-refractivity contribution in [2.75, 3.05) is 22.6 Å². The van der Waals surface area contributed by atoms with E-state index in [0.29, 0.717) is 35.5 Å². The molecule has 7 nitrogen and oxygen atoms in total. The number of ether oxygens (including phenoxy) is 1. The van der Waals surface area contributed by atoms with Gasteiger partial charge in [0.25, 0.3) is 0 Å². The highest BCUT2D eigenvalue weighted by Gasteiger charge is 2.26. The first-order chi connectivity index (χ1) is 17.8. The highest BCUT2D eigenvalue weighted by atomic mass is 127. The van der Waals surface area contributed by atoms with Crippen LogP contribution < -0.4 is 16.4 Å². The molecule has 0 aliphatic heterocycles. The quantitative estimate of drug-likeness (QED) is 0.0815. The number of aromatic hydroxyl groups is 1. The lowest BCUT2D eigenvalue weighted by Gasteiger charge is -2.25. The zero-order valence-electron chi connectivity index (χ0n) is 20.6. The molecule has 0 spiro atoms. The normalized spacial score (nSPS) is 12.6. The third kappa shape index (κ3) is 8.71. The molecule has 3 rings (SSSR count). The Morgan fingerprint density at radius 3 is 2.54 bits per heavy atom. The Kier molecular flexibility index (Phi) is 10.7. The van der Waals surface area contributed by atoms with Crippen molar-refractivity contribution in [2.24, 2.45) is 5.92 Å². The largest absolute Gasteiger partial charge is 0.508 e. The van der Waals surface area contributed by atoms with Crippen molar-refractivity contribution in [3.05, 3.63) is 88.0 Å². The summed E-state index contributed by atoms with van der Waals surface area (Å²) < 4.78 is 6.74. The van der Waals surface area contributed by atoms with Gasteiger partial charge in [-0.15, -0.1) is 11.8 Å². The molecule has 0 radical (unpaired) electrons. The number of allylic oxidation sites excluding steroid dienone is 1. The fourth-order valence-electron chi connectivity index (χ4n) is 3.66. The van der Waals surface area contributed by atoms with Crippen LogP contribution in [0.1, 0.15) is 31.4 Å². The number of carbonyl (C=O) groups excluding carboxylic acids is 2. The molecule has 0 heterocycles. The van der Waals surface area contributed by atoms with Crippen LogP contribution in [0.4, 0.5) is 21.9 Å². The van der Waals surface area contributed by atoms with E-state index in [9.17, 15) is 14.7 Å². The van der Waals surface area contributed by atoms with Gasteiger partial charge >= 0.3 is 6.09 Å². The molecule has 0 bridgehead atoms. The molecule has 3 aromatic rings. The average molecular weight is 632 g/mol. The minimum atomic E-state index is -0.688. The number of hydrogen-bond acceptors (Lipinski definition) is 6. The average Bonchev–Trinajstić information content (AvgIpc) is 2.88. The molecule has 37 heavy (non-hydrogen) atoms. The number of nitrogens with two attached hydrogens (primary N) is 1. The van der Waals surface area contributed by atoms with Gasteiger partial charge in [0.05, 0.1) is 11.4 Å². The van der Waals surface area contributed by atoms with Gasteiger partial charge in [0.15, 0.2) is 0 Å². The number of benzene rings is 3. The van der Waals surface area contributed by atoms with E-state index in [-0.39, 0.29) is 17.6 Å². The Morgan fingerprint density at radius 2 is 1.84 bits per heavy atom. The molecule has 0 fully saturated rings. The minimum Gasteiger partial charge on any atom is -0.508 e. The van der Waals surface area contributed by atoms with Gasteiger partial charge in [0.1, 0.15) is 11.9 Å². The number of rotatable bonds is 10. The number of hydrogen-bond donors (Lipinski definition) is 4. The van der Waals surface area contributed by atoms with Crippen LogP contribution in [-0.2, 0) is 9.53 Å². The van der Waals surface area contributed by atoms with Crippen molar-refractivity contribution < 1.29 is 19.4 Å². The Labute approximate surface area is 235 Å². The number of phenols is 1. The number of nitrogens with one attached hydrogen (secondary N) is 2. The van der Waals surface area contributed by atoms with Crippen LogP contribution >= 0.6 is 34.4 Å². The predicted molar refractivity (Wildman–Crippen MR) is 159 cm³/mol. The molecule has 2 atom stereocenters. The molecule has 0 saturated carbocycles. The van der Waals surface area contributed by atoms with Crippen molar-refractivity contribution in [3.63, 3.8) is 0 Å². The van der Waals surface area contributed by atoms with Gasteiger partial charge in [-0.2, -0.15) is 0 Å². The van der Waals surface area contributed by atoms with E-state index >= 15 is 0 Å².